The third-order valence-electron chi connectivity index (χ3n) is 4.74. The first kappa shape index (κ1) is 17.1. The van der Waals surface area contributed by atoms with Crippen LogP contribution in [0.1, 0.15) is 5.89 Å². The third kappa shape index (κ3) is 3.00. The summed E-state index contributed by atoms with van der Waals surface area (Å²) >= 11 is 0. The minimum absolute atomic E-state index is 0.398. The van der Waals surface area contributed by atoms with Crippen molar-refractivity contribution in [1.29, 1.82) is 0 Å². The zero-order chi connectivity index (χ0) is 19.8. The molecule has 0 saturated heterocycles. The van der Waals surface area contributed by atoms with Gasteiger partial charge in [0.05, 0.1) is 22.3 Å². The number of rotatable bonds is 3. The van der Waals surface area contributed by atoms with E-state index in [1.807, 2.05) is 60.7 Å². The molecule has 5 rings (SSSR count). The Hall–Kier alpha value is -4.06. The van der Waals surface area contributed by atoms with E-state index in [1.165, 1.54) is 12.4 Å². The van der Waals surface area contributed by atoms with Gasteiger partial charge in [0.1, 0.15) is 0 Å². The molecule has 0 saturated carbocycles. The van der Waals surface area contributed by atoms with Crippen LogP contribution < -0.4 is 4.73 Å². The Balaban J connectivity index is 1.97. The fraction of sp³-hybridized carbons (Fsp3) is 0.0435. The molecule has 6 heteroatoms. The Morgan fingerprint density at radius 2 is 1.59 bits per heavy atom. The summed E-state index contributed by atoms with van der Waals surface area (Å²) in [6.45, 7) is 1.76. The van der Waals surface area contributed by atoms with Crippen molar-refractivity contribution in [2.24, 2.45) is 0 Å². The molecule has 3 heterocycles. The van der Waals surface area contributed by atoms with Crippen molar-refractivity contribution in [3.05, 3.63) is 90.2 Å². The predicted molar refractivity (Wildman–Crippen MR) is 110 cm³/mol. The molecule has 0 radical (unpaired) electrons. The molecule has 0 atom stereocenters. The summed E-state index contributed by atoms with van der Waals surface area (Å²) in [6.07, 6.45) is 2.99. The van der Waals surface area contributed by atoms with Gasteiger partial charge in [-0.15, -0.1) is 10.2 Å². The van der Waals surface area contributed by atoms with Gasteiger partial charge in [-0.2, -0.15) is 4.73 Å². The summed E-state index contributed by atoms with van der Waals surface area (Å²) in [6, 6.07) is 21.3. The van der Waals surface area contributed by atoms with Crippen LogP contribution in [0.25, 0.3) is 44.7 Å². The summed E-state index contributed by atoms with van der Waals surface area (Å²) in [4.78, 5) is 4.94. The summed E-state index contributed by atoms with van der Waals surface area (Å²) in [5, 5.41) is 21.3. The Labute approximate surface area is 166 Å². The van der Waals surface area contributed by atoms with E-state index in [0.717, 1.165) is 43.6 Å². The van der Waals surface area contributed by atoms with Crippen molar-refractivity contribution >= 4 is 10.9 Å². The number of hydrogen-bond acceptors (Lipinski definition) is 5. The topological polar surface area (TPSA) is 78.8 Å². The van der Waals surface area contributed by atoms with Crippen molar-refractivity contribution < 1.29 is 9.15 Å². The average Bonchev–Trinajstić information content (AvgIpc) is 3.19. The fourth-order valence-corrected chi connectivity index (χ4v) is 3.52. The standard InChI is InChI=1S/C23H16N4O2/c1-15-25-26-23(29-15)21-18-11-5-6-12-19(18)24-22(16-8-3-2-4-9-16)20(21)17-10-7-13-27(28)14-17/h2-14H,1H3. The van der Waals surface area contributed by atoms with Gasteiger partial charge in [0.25, 0.3) is 0 Å². The number of nitrogens with zero attached hydrogens (tertiary/aromatic N) is 4. The van der Waals surface area contributed by atoms with Gasteiger partial charge in [0.2, 0.25) is 11.8 Å². The van der Waals surface area contributed by atoms with E-state index in [9.17, 15) is 5.21 Å². The van der Waals surface area contributed by atoms with Gasteiger partial charge in [0.15, 0.2) is 12.4 Å². The van der Waals surface area contributed by atoms with Crippen LogP contribution in [0.2, 0.25) is 0 Å². The fourth-order valence-electron chi connectivity index (χ4n) is 3.52. The molecular formula is C23H16N4O2. The van der Waals surface area contributed by atoms with Crippen LogP contribution in [0.5, 0.6) is 0 Å². The maximum absolute atomic E-state index is 12.1. The SMILES string of the molecule is Cc1nnc(-c2c(-c3ccc[n+]([O-])c3)c(-c3ccccc3)nc3ccccc23)o1. The normalized spacial score (nSPS) is 11.1. The molecule has 3 aromatic heterocycles. The smallest absolute Gasteiger partial charge is 0.249 e. The molecule has 0 aliphatic rings. The number of aromatic nitrogens is 4. The molecule has 5 aromatic rings. The lowest BCUT2D eigenvalue weighted by Gasteiger charge is -2.15. The molecule has 0 aliphatic carbocycles. The second-order valence-electron chi connectivity index (χ2n) is 6.67. The van der Waals surface area contributed by atoms with Crippen LogP contribution in [-0.2, 0) is 0 Å². The maximum Gasteiger partial charge on any atom is 0.249 e. The third-order valence-corrected chi connectivity index (χ3v) is 4.74. The van der Waals surface area contributed by atoms with E-state index in [0.29, 0.717) is 11.8 Å². The molecule has 2 aromatic carbocycles. The number of fused-ring (bicyclic) bond motifs is 1. The summed E-state index contributed by atoms with van der Waals surface area (Å²) in [5.74, 6) is 0.870. The van der Waals surface area contributed by atoms with Crippen molar-refractivity contribution in [2.75, 3.05) is 0 Å². The second kappa shape index (κ2) is 6.83. The summed E-state index contributed by atoms with van der Waals surface area (Å²) in [7, 11) is 0. The highest BCUT2D eigenvalue weighted by atomic mass is 16.5. The van der Waals surface area contributed by atoms with Crippen LogP contribution in [0.15, 0.2) is 83.5 Å². The van der Waals surface area contributed by atoms with Crippen molar-refractivity contribution in [2.45, 2.75) is 6.92 Å². The number of para-hydroxylation sites is 1. The van der Waals surface area contributed by atoms with Crippen molar-refractivity contribution in [1.82, 2.24) is 15.2 Å². The first-order chi connectivity index (χ1) is 14.2. The number of pyridine rings is 2. The maximum atomic E-state index is 12.1. The monoisotopic (exact) mass is 380 g/mol. The molecule has 0 fully saturated rings. The lowest BCUT2D eigenvalue weighted by Crippen LogP contribution is -2.24. The van der Waals surface area contributed by atoms with Crippen LogP contribution in [-0.4, -0.2) is 15.2 Å². The van der Waals surface area contributed by atoms with E-state index in [1.54, 1.807) is 13.0 Å². The molecule has 0 N–H and O–H groups in total. The Bertz CT molecular complexity index is 1330. The summed E-state index contributed by atoms with van der Waals surface area (Å²) in [5.41, 5.74) is 4.77. The molecule has 0 unspecified atom stereocenters. The molecule has 0 spiro atoms. The molecular weight excluding hydrogens is 364 g/mol. The molecule has 0 aliphatic heterocycles. The van der Waals surface area contributed by atoms with Gasteiger partial charge < -0.3 is 9.62 Å². The highest BCUT2D eigenvalue weighted by Crippen LogP contribution is 2.42. The zero-order valence-electron chi connectivity index (χ0n) is 15.6. The average molecular weight is 380 g/mol. The quantitative estimate of drug-likeness (QED) is 0.339. The molecule has 140 valence electrons. The summed E-state index contributed by atoms with van der Waals surface area (Å²) < 4.78 is 6.61. The van der Waals surface area contributed by atoms with Crippen LogP contribution >= 0.6 is 0 Å². The molecule has 0 bridgehead atoms. The number of benzene rings is 2. The van der Waals surface area contributed by atoms with E-state index in [-0.39, 0.29) is 0 Å². The predicted octanol–water partition coefficient (Wildman–Crippen LogP) is 4.56. The molecule has 29 heavy (non-hydrogen) atoms. The first-order valence-corrected chi connectivity index (χ1v) is 9.18. The Morgan fingerprint density at radius 1 is 0.828 bits per heavy atom. The first-order valence-electron chi connectivity index (χ1n) is 9.18. The van der Waals surface area contributed by atoms with Gasteiger partial charge in [-0.3, -0.25) is 0 Å². The highest BCUT2D eigenvalue weighted by Gasteiger charge is 2.23. The van der Waals surface area contributed by atoms with E-state index < -0.39 is 0 Å². The van der Waals surface area contributed by atoms with E-state index in [4.69, 9.17) is 9.40 Å². The second-order valence-corrected chi connectivity index (χ2v) is 6.67. The van der Waals surface area contributed by atoms with Crippen LogP contribution in [0, 0.1) is 12.1 Å². The van der Waals surface area contributed by atoms with E-state index in [2.05, 4.69) is 10.2 Å². The Kier molecular flexibility index (Phi) is 4.02. The van der Waals surface area contributed by atoms with Crippen molar-refractivity contribution in [3.63, 3.8) is 0 Å². The number of aryl methyl sites for hydroxylation is 1. The lowest BCUT2D eigenvalue weighted by molar-refractivity contribution is -0.604. The van der Waals surface area contributed by atoms with Crippen LogP contribution in [0.3, 0.4) is 0 Å². The number of hydrogen-bond donors (Lipinski definition) is 0. The highest BCUT2D eigenvalue weighted by molar-refractivity contribution is 6.05. The molecule has 6 nitrogen and oxygen atoms in total. The lowest BCUT2D eigenvalue weighted by atomic mass is 9.92. The largest absolute Gasteiger partial charge is 0.619 e. The van der Waals surface area contributed by atoms with Gasteiger partial charge in [-0.25, -0.2) is 4.98 Å². The van der Waals surface area contributed by atoms with Crippen molar-refractivity contribution in [3.8, 4) is 33.8 Å². The minimum Gasteiger partial charge on any atom is -0.619 e. The van der Waals surface area contributed by atoms with Gasteiger partial charge in [-0.1, -0.05) is 48.5 Å². The molecule has 0 amide bonds. The van der Waals surface area contributed by atoms with Gasteiger partial charge in [-0.05, 0) is 12.1 Å². The Morgan fingerprint density at radius 3 is 2.34 bits per heavy atom. The minimum atomic E-state index is 0.398. The van der Waals surface area contributed by atoms with Gasteiger partial charge >= 0.3 is 0 Å². The van der Waals surface area contributed by atoms with E-state index >= 15 is 0 Å². The van der Waals surface area contributed by atoms with Crippen LogP contribution in [0.4, 0.5) is 0 Å². The zero-order valence-corrected chi connectivity index (χ0v) is 15.6. The van der Waals surface area contributed by atoms with Gasteiger partial charge in [0, 0.05) is 29.5 Å².